The van der Waals surface area contributed by atoms with Crippen LogP contribution in [-0.2, 0) is 16.6 Å². The number of anilines is 1. The highest BCUT2D eigenvalue weighted by Gasteiger charge is 2.27. The van der Waals surface area contributed by atoms with Gasteiger partial charge in [0.25, 0.3) is 5.91 Å². The standard InChI is InChI=1S/C19H24N4O3S/c1-27(25,26)23-11-5-7-16(14-23)22-19(24)17-8-2-3-9-18(17)21-13-15-6-4-10-20-12-15/h2-4,6,8-10,12,16,21H,5,7,11,13-14H2,1H3,(H,22,24). The highest BCUT2D eigenvalue weighted by molar-refractivity contribution is 7.88. The number of aromatic nitrogens is 1. The highest BCUT2D eigenvalue weighted by Crippen LogP contribution is 2.18. The van der Waals surface area contributed by atoms with Crippen LogP contribution in [0.1, 0.15) is 28.8 Å². The van der Waals surface area contributed by atoms with E-state index >= 15 is 0 Å². The molecule has 1 unspecified atom stereocenters. The fourth-order valence-corrected chi connectivity index (χ4v) is 4.07. The summed E-state index contributed by atoms with van der Waals surface area (Å²) in [5.41, 5.74) is 2.29. The fraction of sp³-hybridized carbons (Fsp3) is 0.368. The molecular weight excluding hydrogens is 364 g/mol. The van der Waals surface area contributed by atoms with Crippen LogP contribution in [0.4, 0.5) is 5.69 Å². The number of carbonyl (C=O) groups excluding carboxylic acids is 1. The van der Waals surface area contributed by atoms with Gasteiger partial charge in [0.15, 0.2) is 0 Å². The van der Waals surface area contributed by atoms with Crippen LogP contribution in [0.5, 0.6) is 0 Å². The minimum Gasteiger partial charge on any atom is -0.380 e. The molecule has 1 amide bonds. The van der Waals surface area contributed by atoms with E-state index in [-0.39, 0.29) is 11.9 Å². The summed E-state index contributed by atoms with van der Waals surface area (Å²) in [7, 11) is -3.24. The summed E-state index contributed by atoms with van der Waals surface area (Å²) in [6, 6.07) is 10.9. The second kappa shape index (κ2) is 8.49. The van der Waals surface area contributed by atoms with Crippen molar-refractivity contribution in [3.05, 3.63) is 59.9 Å². The van der Waals surface area contributed by atoms with E-state index in [1.165, 1.54) is 10.6 Å². The molecule has 144 valence electrons. The van der Waals surface area contributed by atoms with Gasteiger partial charge in [-0.2, -0.15) is 0 Å². The third-order valence-corrected chi connectivity index (χ3v) is 5.84. The lowest BCUT2D eigenvalue weighted by molar-refractivity contribution is 0.0922. The summed E-state index contributed by atoms with van der Waals surface area (Å²) in [4.78, 5) is 16.9. The SMILES string of the molecule is CS(=O)(=O)N1CCCC(NC(=O)c2ccccc2NCc2cccnc2)C1. The van der Waals surface area contributed by atoms with Gasteiger partial charge in [0.05, 0.1) is 11.8 Å². The number of para-hydroxylation sites is 1. The maximum atomic E-state index is 12.8. The molecule has 0 saturated carbocycles. The van der Waals surface area contributed by atoms with Gasteiger partial charge in [-0.15, -0.1) is 0 Å². The summed E-state index contributed by atoms with van der Waals surface area (Å²) in [6.45, 7) is 1.38. The number of benzene rings is 1. The molecule has 8 heteroatoms. The molecule has 7 nitrogen and oxygen atoms in total. The van der Waals surface area contributed by atoms with Gasteiger partial charge in [0, 0.05) is 43.8 Å². The van der Waals surface area contributed by atoms with Crippen LogP contribution in [0.2, 0.25) is 0 Å². The third kappa shape index (κ3) is 5.27. The van der Waals surface area contributed by atoms with E-state index in [9.17, 15) is 13.2 Å². The van der Waals surface area contributed by atoms with Gasteiger partial charge in [-0.3, -0.25) is 9.78 Å². The molecule has 1 aliphatic heterocycles. The fourth-order valence-electron chi connectivity index (χ4n) is 3.16. The van der Waals surface area contributed by atoms with Crippen LogP contribution in [0.25, 0.3) is 0 Å². The number of piperidine rings is 1. The largest absolute Gasteiger partial charge is 0.380 e. The van der Waals surface area contributed by atoms with Crippen LogP contribution in [0.3, 0.4) is 0 Å². The number of carbonyl (C=O) groups is 1. The van der Waals surface area contributed by atoms with Crippen LogP contribution in [0.15, 0.2) is 48.8 Å². The van der Waals surface area contributed by atoms with Gasteiger partial charge in [0.2, 0.25) is 10.0 Å². The lowest BCUT2D eigenvalue weighted by atomic mass is 10.1. The Bertz CT molecular complexity index is 887. The number of rotatable bonds is 6. The molecule has 1 fully saturated rings. The number of hydrogen-bond acceptors (Lipinski definition) is 5. The zero-order chi connectivity index (χ0) is 19.3. The molecule has 1 saturated heterocycles. The van der Waals surface area contributed by atoms with Crippen molar-refractivity contribution in [1.82, 2.24) is 14.6 Å². The van der Waals surface area contributed by atoms with E-state index in [0.29, 0.717) is 25.2 Å². The molecule has 1 atom stereocenters. The Morgan fingerprint density at radius 1 is 1.26 bits per heavy atom. The predicted molar refractivity (Wildman–Crippen MR) is 105 cm³/mol. The Kier molecular flexibility index (Phi) is 6.08. The number of pyridine rings is 1. The first-order valence-corrected chi connectivity index (χ1v) is 10.8. The molecule has 0 radical (unpaired) electrons. The molecule has 1 aliphatic rings. The number of amides is 1. The zero-order valence-electron chi connectivity index (χ0n) is 15.3. The van der Waals surface area contributed by atoms with Crippen LogP contribution in [-0.4, -0.2) is 49.0 Å². The summed E-state index contributed by atoms with van der Waals surface area (Å²) in [5, 5.41) is 6.25. The number of nitrogens with zero attached hydrogens (tertiary/aromatic N) is 2. The summed E-state index contributed by atoms with van der Waals surface area (Å²) in [5.74, 6) is -0.204. The Balaban J connectivity index is 1.66. The Hall–Kier alpha value is -2.45. The Morgan fingerprint density at radius 3 is 2.81 bits per heavy atom. The van der Waals surface area contributed by atoms with Crippen molar-refractivity contribution in [3.63, 3.8) is 0 Å². The monoisotopic (exact) mass is 388 g/mol. The van der Waals surface area contributed by atoms with Gasteiger partial charge in [-0.05, 0) is 36.6 Å². The molecule has 1 aromatic heterocycles. The Morgan fingerprint density at radius 2 is 2.07 bits per heavy atom. The minimum absolute atomic E-state index is 0.188. The number of sulfonamides is 1. The highest BCUT2D eigenvalue weighted by atomic mass is 32.2. The average Bonchev–Trinajstić information content (AvgIpc) is 2.67. The van der Waals surface area contributed by atoms with E-state index in [4.69, 9.17) is 0 Å². The average molecular weight is 388 g/mol. The first-order chi connectivity index (χ1) is 12.9. The van der Waals surface area contributed by atoms with Crippen molar-refractivity contribution in [2.24, 2.45) is 0 Å². The summed E-state index contributed by atoms with van der Waals surface area (Å²) in [6.07, 6.45) is 6.20. The molecular formula is C19H24N4O3S. The third-order valence-electron chi connectivity index (χ3n) is 4.57. The summed E-state index contributed by atoms with van der Waals surface area (Å²) < 4.78 is 24.9. The van der Waals surface area contributed by atoms with Crippen molar-refractivity contribution < 1.29 is 13.2 Å². The molecule has 2 aromatic rings. The number of nitrogens with one attached hydrogen (secondary N) is 2. The van der Waals surface area contributed by atoms with Gasteiger partial charge >= 0.3 is 0 Å². The van der Waals surface area contributed by atoms with Crippen LogP contribution in [0, 0.1) is 0 Å². The topological polar surface area (TPSA) is 91.4 Å². The number of hydrogen-bond donors (Lipinski definition) is 2. The van der Waals surface area contributed by atoms with Crippen molar-refractivity contribution in [2.75, 3.05) is 24.7 Å². The van der Waals surface area contributed by atoms with Crippen LogP contribution >= 0.6 is 0 Å². The first kappa shape index (κ1) is 19.3. The minimum atomic E-state index is -3.24. The maximum absolute atomic E-state index is 12.8. The van der Waals surface area contributed by atoms with E-state index in [1.54, 1.807) is 18.5 Å². The van der Waals surface area contributed by atoms with Gasteiger partial charge in [-0.1, -0.05) is 18.2 Å². The van der Waals surface area contributed by atoms with Crippen molar-refractivity contribution in [3.8, 4) is 0 Å². The quantitative estimate of drug-likeness (QED) is 0.788. The lowest BCUT2D eigenvalue weighted by Gasteiger charge is -2.31. The normalized spacial score (nSPS) is 18.0. The molecule has 27 heavy (non-hydrogen) atoms. The van der Waals surface area contributed by atoms with Crippen molar-refractivity contribution in [1.29, 1.82) is 0 Å². The molecule has 0 aliphatic carbocycles. The molecule has 0 spiro atoms. The van der Waals surface area contributed by atoms with Gasteiger partial charge < -0.3 is 10.6 Å². The second-order valence-corrected chi connectivity index (χ2v) is 8.68. The molecule has 0 bridgehead atoms. The maximum Gasteiger partial charge on any atom is 0.253 e. The molecule has 2 heterocycles. The second-order valence-electron chi connectivity index (χ2n) is 6.69. The van der Waals surface area contributed by atoms with Crippen LogP contribution < -0.4 is 10.6 Å². The van der Waals surface area contributed by atoms with E-state index in [1.807, 2.05) is 30.3 Å². The smallest absolute Gasteiger partial charge is 0.253 e. The van der Waals surface area contributed by atoms with Crippen molar-refractivity contribution >= 4 is 21.6 Å². The Labute approximate surface area is 159 Å². The van der Waals surface area contributed by atoms with Gasteiger partial charge in [0.1, 0.15) is 0 Å². The van der Waals surface area contributed by atoms with E-state index < -0.39 is 10.0 Å². The van der Waals surface area contributed by atoms with Gasteiger partial charge in [-0.25, -0.2) is 12.7 Å². The predicted octanol–water partition coefficient (Wildman–Crippen LogP) is 1.85. The summed E-state index contributed by atoms with van der Waals surface area (Å²) >= 11 is 0. The molecule has 3 rings (SSSR count). The first-order valence-electron chi connectivity index (χ1n) is 8.91. The molecule has 1 aromatic carbocycles. The van der Waals surface area contributed by atoms with E-state index in [2.05, 4.69) is 15.6 Å². The molecule has 2 N–H and O–H groups in total. The van der Waals surface area contributed by atoms with E-state index in [0.717, 1.165) is 24.1 Å². The zero-order valence-corrected chi connectivity index (χ0v) is 16.1. The lowest BCUT2D eigenvalue weighted by Crippen LogP contribution is -2.49. The van der Waals surface area contributed by atoms with Crippen molar-refractivity contribution in [2.45, 2.75) is 25.4 Å².